The van der Waals surface area contributed by atoms with E-state index in [2.05, 4.69) is 12.2 Å². The lowest BCUT2D eigenvalue weighted by atomic mass is 9.77. The molecule has 1 amide bonds. The number of rotatable bonds is 5. The Hall–Kier alpha value is -2.64. The monoisotopic (exact) mass is 336 g/mol. The first-order valence-electron chi connectivity index (χ1n) is 7.67. The van der Waals surface area contributed by atoms with Crippen LogP contribution in [-0.2, 0) is 4.79 Å². The molecule has 2 rings (SSSR count). The smallest absolute Gasteiger partial charge is 0.329 e. The summed E-state index contributed by atoms with van der Waals surface area (Å²) in [5.74, 6) is -1.26. The van der Waals surface area contributed by atoms with Crippen LogP contribution in [0, 0.1) is 16.0 Å². The van der Waals surface area contributed by atoms with E-state index in [-0.39, 0.29) is 17.0 Å². The number of methoxy groups -OCH3 is 1. The highest BCUT2D eigenvalue weighted by atomic mass is 16.6. The first-order chi connectivity index (χ1) is 11.3. The van der Waals surface area contributed by atoms with Gasteiger partial charge in [-0.15, -0.1) is 0 Å². The fraction of sp³-hybridized carbons (Fsp3) is 0.500. The summed E-state index contributed by atoms with van der Waals surface area (Å²) in [4.78, 5) is 34.4. The standard InChI is InChI=1S/C16H20N2O6/c1-10-5-7-16(8-6-10,15(20)21)17-14(19)11-3-4-12(18(22)23)13(9-11)24-2/h3-4,9-10H,5-8H2,1-2H3,(H,17,19)(H,20,21). The van der Waals surface area contributed by atoms with Gasteiger partial charge >= 0.3 is 11.7 Å². The number of carboxylic acids is 1. The van der Waals surface area contributed by atoms with Gasteiger partial charge in [0.15, 0.2) is 5.75 Å². The van der Waals surface area contributed by atoms with Crippen molar-refractivity contribution in [3.05, 3.63) is 33.9 Å². The minimum atomic E-state index is -1.29. The third kappa shape index (κ3) is 3.47. The Morgan fingerprint density at radius 2 is 2.00 bits per heavy atom. The second kappa shape index (κ2) is 6.86. The van der Waals surface area contributed by atoms with Gasteiger partial charge in [0.2, 0.25) is 0 Å². The van der Waals surface area contributed by atoms with Crippen LogP contribution in [0.5, 0.6) is 5.75 Å². The number of amides is 1. The van der Waals surface area contributed by atoms with Crippen LogP contribution >= 0.6 is 0 Å². The summed E-state index contributed by atoms with van der Waals surface area (Å²) < 4.78 is 4.94. The normalized spacial score (nSPS) is 23.3. The number of hydrogen-bond acceptors (Lipinski definition) is 5. The Morgan fingerprint density at radius 3 is 2.50 bits per heavy atom. The van der Waals surface area contributed by atoms with Crippen LogP contribution in [0.3, 0.4) is 0 Å². The zero-order chi connectivity index (χ0) is 17.9. The molecule has 1 saturated carbocycles. The highest BCUT2D eigenvalue weighted by Crippen LogP contribution is 2.33. The summed E-state index contributed by atoms with van der Waals surface area (Å²) in [5, 5.41) is 23.1. The molecule has 0 radical (unpaired) electrons. The van der Waals surface area contributed by atoms with Gasteiger partial charge in [0.1, 0.15) is 5.54 Å². The van der Waals surface area contributed by atoms with Gasteiger partial charge in [-0.3, -0.25) is 14.9 Å². The molecule has 1 aliphatic carbocycles. The number of carboxylic acid groups (broad SMARTS) is 1. The molecule has 1 aromatic carbocycles. The van der Waals surface area contributed by atoms with Gasteiger partial charge in [-0.05, 0) is 37.7 Å². The zero-order valence-corrected chi connectivity index (χ0v) is 13.6. The second-order valence-corrected chi connectivity index (χ2v) is 6.17. The first kappa shape index (κ1) is 17.7. The van der Waals surface area contributed by atoms with Crippen LogP contribution in [0.2, 0.25) is 0 Å². The van der Waals surface area contributed by atoms with E-state index in [9.17, 15) is 24.8 Å². The van der Waals surface area contributed by atoms with E-state index < -0.39 is 22.3 Å². The van der Waals surface area contributed by atoms with Crippen molar-refractivity contribution in [3.63, 3.8) is 0 Å². The Bertz CT molecular complexity index is 665. The molecule has 130 valence electrons. The summed E-state index contributed by atoms with van der Waals surface area (Å²) >= 11 is 0. The number of benzene rings is 1. The van der Waals surface area contributed by atoms with Gasteiger partial charge in [0, 0.05) is 17.7 Å². The number of carbonyl (C=O) groups is 2. The largest absolute Gasteiger partial charge is 0.490 e. The summed E-state index contributed by atoms with van der Waals surface area (Å²) in [6, 6.07) is 3.70. The molecule has 1 aliphatic rings. The van der Waals surface area contributed by atoms with Crippen molar-refractivity contribution in [2.45, 2.75) is 38.1 Å². The molecule has 0 saturated heterocycles. The van der Waals surface area contributed by atoms with E-state index in [1.807, 2.05) is 0 Å². The van der Waals surface area contributed by atoms with Gasteiger partial charge in [-0.2, -0.15) is 0 Å². The van der Waals surface area contributed by atoms with Gasteiger partial charge in [0.05, 0.1) is 12.0 Å². The Balaban J connectivity index is 2.25. The van der Waals surface area contributed by atoms with Gasteiger partial charge in [-0.25, -0.2) is 4.79 Å². The maximum absolute atomic E-state index is 12.5. The van der Waals surface area contributed by atoms with E-state index in [1.165, 1.54) is 25.3 Å². The van der Waals surface area contributed by atoms with E-state index in [1.54, 1.807) is 0 Å². The molecule has 8 nitrogen and oxygen atoms in total. The van der Waals surface area contributed by atoms with Crippen LogP contribution in [0.1, 0.15) is 43.0 Å². The van der Waals surface area contributed by atoms with Crippen LogP contribution in [0.15, 0.2) is 18.2 Å². The van der Waals surface area contributed by atoms with Crippen LogP contribution < -0.4 is 10.1 Å². The van der Waals surface area contributed by atoms with E-state index in [4.69, 9.17) is 4.74 Å². The lowest BCUT2D eigenvalue weighted by molar-refractivity contribution is -0.385. The number of ether oxygens (including phenoxy) is 1. The molecule has 0 unspecified atom stereocenters. The predicted molar refractivity (Wildman–Crippen MR) is 85.1 cm³/mol. The quantitative estimate of drug-likeness (QED) is 0.629. The Kier molecular flexibility index (Phi) is 5.06. The Morgan fingerprint density at radius 1 is 1.38 bits per heavy atom. The van der Waals surface area contributed by atoms with Crippen LogP contribution in [0.25, 0.3) is 0 Å². The van der Waals surface area contributed by atoms with Crippen molar-refractivity contribution in [3.8, 4) is 5.75 Å². The molecule has 2 N–H and O–H groups in total. The van der Waals surface area contributed by atoms with Crippen molar-refractivity contribution in [2.24, 2.45) is 5.92 Å². The van der Waals surface area contributed by atoms with Gasteiger partial charge in [0.25, 0.3) is 5.91 Å². The molecule has 1 aromatic rings. The molecule has 0 aliphatic heterocycles. The van der Waals surface area contributed by atoms with Gasteiger partial charge in [-0.1, -0.05) is 6.92 Å². The summed E-state index contributed by atoms with van der Waals surface area (Å²) in [6.07, 6.45) is 2.16. The maximum atomic E-state index is 12.5. The van der Waals surface area contributed by atoms with E-state index >= 15 is 0 Å². The highest BCUT2D eigenvalue weighted by molar-refractivity contribution is 5.98. The maximum Gasteiger partial charge on any atom is 0.329 e. The third-order valence-electron chi connectivity index (χ3n) is 4.53. The van der Waals surface area contributed by atoms with Crippen molar-refractivity contribution < 1.29 is 24.4 Å². The molecular weight excluding hydrogens is 316 g/mol. The number of nitrogens with one attached hydrogen (secondary N) is 1. The molecular formula is C16H20N2O6. The van der Waals surface area contributed by atoms with E-state index in [0.29, 0.717) is 18.8 Å². The average Bonchev–Trinajstić information content (AvgIpc) is 2.56. The average molecular weight is 336 g/mol. The highest BCUT2D eigenvalue weighted by Gasteiger charge is 2.42. The second-order valence-electron chi connectivity index (χ2n) is 6.17. The van der Waals surface area contributed by atoms with Crippen molar-refractivity contribution in [1.82, 2.24) is 5.32 Å². The third-order valence-corrected chi connectivity index (χ3v) is 4.53. The van der Waals surface area contributed by atoms with E-state index in [0.717, 1.165) is 12.8 Å². The number of nitro benzene ring substituents is 1. The molecule has 0 bridgehead atoms. The van der Waals surface area contributed by atoms with Crippen molar-refractivity contribution in [1.29, 1.82) is 0 Å². The minimum absolute atomic E-state index is 0.0470. The van der Waals surface area contributed by atoms with Gasteiger partial charge < -0.3 is 15.2 Å². The topological polar surface area (TPSA) is 119 Å². The molecule has 0 atom stereocenters. The SMILES string of the molecule is COc1cc(C(=O)NC2(C(=O)O)CCC(C)CC2)ccc1[N+](=O)[O-]. The number of nitrogens with zero attached hydrogens (tertiary/aromatic N) is 1. The molecule has 0 heterocycles. The zero-order valence-electron chi connectivity index (χ0n) is 13.6. The molecule has 8 heteroatoms. The lowest BCUT2D eigenvalue weighted by Gasteiger charge is -2.36. The van der Waals surface area contributed by atoms with Crippen molar-refractivity contribution >= 4 is 17.6 Å². The number of nitro groups is 1. The molecule has 1 fully saturated rings. The van der Waals surface area contributed by atoms with Crippen LogP contribution in [-0.4, -0.2) is 34.6 Å². The lowest BCUT2D eigenvalue weighted by Crippen LogP contribution is -2.56. The number of aliphatic carboxylic acids is 1. The molecule has 0 aromatic heterocycles. The summed E-state index contributed by atoms with van der Waals surface area (Å²) in [6.45, 7) is 2.05. The summed E-state index contributed by atoms with van der Waals surface area (Å²) in [7, 11) is 1.27. The fourth-order valence-corrected chi connectivity index (χ4v) is 2.91. The summed E-state index contributed by atoms with van der Waals surface area (Å²) in [5.41, 5.74) is -1.43. The minimum Gasteiger partial charge on any atom is -0.490 e. The molecule has 24 heavy (non-hydrogen) atoms. The fourth-order valence-electron chi connectivity index (χ4n) is 2.91. The van der Waals surface area contributed by atoms with Crippen LogP contribution in [0.4, 0.5) is 5.69 Å². The first-order valence-corrected chi connectivity index (χ1v) is 7.67. The predicted octanol–water partition coefficient (Wildman–Crippen LogP) is 2.37. The Labute approximate surface area is 139 Å². The molecule has 0 spiro atoms. The number of hydrogen-bond donors (Lipinski definition) is 2. The number of carbonyl (C=O) groups excluding carboxylic acids is 1. The van der Waals surface area contributed by atoms with Crippen molar-refractivity contribution in [2.75, 3.05) is 7.11 Å².